The van der Waals surface area contributed by atoms with Gasteiger partial charge in [-0.25, -0.2) is 9.97 Å². The van der Waals surface area contributed by atoms with Gasteiger partial charge in [0.05, 0.1) is 12.6 Å². The molecule has 3 aromatic heterocycles. The molecule has 25 heavy (non-hydrogen) atoms. The molecule has 130 valence electrons. The van der Waals surface area contributed by atoms with E-state index in [1.807, 2.05) is 37.3 Å². The normalized spacial score (nSPS) is 17.9. The summed E-state index contributed by atoms with van der Waals surface area (Å²) < 4.78 is 5.56. The fourth-order valence-corrected chi connectivity index (χ4v) is 3.14. The lowest BCUT2D eigenvalue weighted by Crippen LogP contribution is -2.23. The second-order valence-corrected chi connectivity index (χ2v) is 6.42. The lowest BCUT2D eigenvalue weighted by molar-refractivity contribution is 0.197. The van der Waals surface area contributed by atoms with Crippen molar-refractivity contribution in [2.24, 2.45) is 0 Å². The molecule has 8 nitrogen and oxygen atoms in total. The van der Waals surface area contributed by atoms with Crippen LogP contribution in [-0.4, -0.2) is 50.6 Å². The van der Waals surface area contributed by atoms with Crippen molar-refractivity contribution in [3.8, 4) is 11.4 Å². The van der Waals surface area contributed by atoms with Crippen LogP contribution in [-0.2, 0) is 6.54 Å². The first-order chi connectivity index (χ1) is 12.2. The fraction of sp³-hybridized carbons (Fsp3) is 0.412. The standard InChI is InChI=1S/C17H21N7O/c1-23(2)15-6-5-12(10-20-15)16-21-17(25-22-16)13-4-3-9-24(13)11-14-18-7-8-19-14/h5-8,10,13H,3-4,9,11H2,1-2H3,(H,18,19)/t13-/m0/s1. The monoisotopic (exact) mass is 339 g/mol. The number of nitrogens with zero attached hydrogens (tertiary/aromatic N) is 6. The smallest absolute Gasteiger partial charge is 0.244 e. The summed E-state index contributed by atoms with van der Waals surface area (Å²) in [6.45, 7) is 1.76. The van der Waals surface area contributed by atoms with Gasteiger partial charge in [0.2, 0.25) is 11.7 Å². The van der Waals surface area contributed by atoms with Gasteiger partial charge in [0.15, 0.2) is 0 Å². The third-order valence-electron chi connectivity index (χ3n) is 4.46. The van der Waals surface area contributed by atoms with Crippen LogP contribution in [0.25, 0.3) is 11.4 Å². The average Bonchev–Trinajstić information content (AvgIpc) is 3.37. The minimum absolute atomic E-state index is 0.139. The van der Waals surface area contributed by atoms with Crippen molar-refractivity contribution in [1.82, 2.24) is 30.0 Å². The predicted octanol–water partition coefficient (Wildman–Crippen LogP) is 2.26. The summed E-state index contributed by atoms with van der Waals surface area (Å²) in [7, 11) is 3.92. The number of imidazole rings is 1. The lowest BCUT2D eigenvalue weighted by atomic mass is 10.2. The maximum atomic E-state index is 5.56. The van der Waals surface area contributed by atoms with Gasteiger partial charge in [-0.15, -0.1) is 0 Å². The molecule has 0 bridgehead atoms. The Morgan fingerprint density at radius 3 is 2.96 bits per heavy atom. The summed E-state index contributed by atoms with van der Waals surface area (Å²) in [4.78, 5) is 20.8. The van der Waals surface area contributed by atoms with Crippen LogP contribution in [0.4, 0.5) is 5.82 Å². The Kier molecular flexibility index (Phi) is 4.19. The van der Waals surface area contributed by atoms with Crippen molar-refractivity contribution in [2.75, 3.05) is 25.5 Å². The summed E-state index contributed by atoms with van der Waals surface area (Å²) in [6.07, 6.45) is 7.52. The third-order valence-corrected chi connectivity index (χ3v) is 4.46. The Hall–Kier alpha value is -2.74. The number of hydrogen-bond donors (Lipinski definition) is 1. The van der Waals surface area contributed by atoms with Gasteiger partial charge in [0.25, 0.3) is 0 Å². The topological polar surface area (TPSA) is 87.0 Å². The Bertz CT molecular complexity index is 810. The maximum Gasteiger partial charge on any atom is 0.244 e. The molecule has 0 spiro atoms. The highest BCUT2D eigenvalue weighted by Crippen LogP contribution is 2.32. The molecule has 4 heterocycles. The molecule has 0 aliphatic carbocycles. The van der Waals surface area contributed by atoms with Crippen molar-refractivity contribution in [3.63, 3.8) is 0 Å². The van der Waals surface area contributed by atoms with E-state index in [-0.39, 0.29) is 6.04 Å². The highest BCUT2D eigenvalue weighted by atomic mass is 16.5. The Morgan fingerprint density at radius 1 is 1.32 bits per heavy atom. The molecular weight excluding hydrogens is 318 g/mol. The van der Waals surface area contributed by atoms with Crippen molar-refractivity contribution in [1.29, 1.82) is 0 Å². The minimum atomic E-state index is 0.139. The number of pyridine rings is 1. The van der Waals surface area contributed by atoms with Crippen LogP contribution in [0.1, 0.15) is 30.6 Å². The van der Waals surface area contributed by atoms with Crippen molar-refractivity contribution in [3.05, 3.63) is 42.4 Å². The lowest BCUT2D eigenvalue weighted by Gasteiger charge is -2.19. The SMILES string of the molecule is CN(C)c1ccc(-c2noc([C@@H]3CCCN3Cc3ncc[nH]3)n2)cn1. The van der Waals surface area contributed by atoms with Crippen LogP contribution in [0.5, 0.6) is 0 Å². The number of nitrogens with one attached hydrogen (secondary N) is 1. The molecule has 4 rings (SSSR count). The molecule has 1 saturated heterocycles. The zero-order valence-corrected chi connectivity index (χ0v) is 14.4. The second-order valence-electron chi connectivity index (χ2n) is 6.42. The largest absolute Gasteiger partial charge is 0.363 e. The molecular formula is C17H21N7O. The highest BCUT2D eigenvalue weighted by molar-refractivity contribution is 5.55. The Labute approximate surface area is 145 Å². The molecule has 3 aromatic rings. The first-order valence-electron chi connectivity index (χ1n) is 8.40. The van der Waals surface area contributed by atoms with E-state index < -0.39 is 0 Å². The van der Waals surface area contributed by atoms with Crippen LogP contribution in [0.2, 0.25) is 0 Å². The summed E-state index contributed by atoms with van der Waals surface area (Å²) >= 11 is 0. The quantitative estimate of drug-likeness (QED) is 0.763. The maximum absolute atomic E-state index is 5.56. The third kappa shape index (κ3) is 3.25. The zero-order chi connectivity index (χ0) is 17.2. The molecule has 0 saturated carbocycles. The van der Waals surface area contributed by atoms with E-state index in [2.05, 4.69) is 30.0 Å². The average molecular weight is 339 g/mol. The molecule has 1 atom stereocenters. The van der Waals surface area contributed by atoms with Crippen molar-refractivity contribution < 1.29 is 4.52 Å². The molecule has 0 unspecified atom stereocenters. The van der Waals surface area contributed by atoms with E-state index in [1.54, 1.807) is 12.4 Å². The Morgan fingerprint density at radius 2 is 2.24 bits per heavy atom. The van der Waals surface area contributed by atoms with Gasteiger partial charge >= 0.3 is 0 Å². The number of aromatic nitrogens is 5. The number of hydrogen-bond acceptors (Lipinski definition) is 7. The number of anilines is 1. The molecule has 1 aliphatic heterocycles. The van der Waals surface area contributed by atoms with Gasteiger partial charge in [0, 0.05) is 38.2 Å². The van der Waals surface area contributed by atoms with Crippen molar-refractivity contribution >= 4 is 5.82 Å². The van der Waals surface area contributed by atoms with Gasteiger partial charge in [-0.2, -0.15) is 4.98 Å². The molecule has 0 amide bonds. The molecule has 8 heteroatoms. The van der Waals surface area contributed by atoms with E-state index in [1.165, 1.54) is 0 Å². The van der Waals surface area contributed by atoms with E-state index >= 15 is 0 Å². The van der Waals surface area contributed by atoms with Crippen molar-refractivity contribution in [2.45, 2.75) is 25.4 Å². The number of H-pyrrole nitrogens is 1. The molecule has 1 aliphatic rings. The summed E-state index contributed by atoms with van der Waals surface area (Å²) in [5.41, 5.74) is 0.858. The van der Waals surface area contributed by atoms with Crippen LogP contribution in [0, 0.1) is 0 Å². The minimum Gasteiger partial charge on any atom is -0.363 e. The Balaban J connectivity index is 1.52. The first-order valence-corrected chi connectivity index (χ1v) is 8.40. The van der Waals surface area contributed by atoms with Crippen LogP contribution in [0.15, 0.2) is 35.2 Å². The van der Waals surface area contributed by atoms with E-state index in [4.69, 9.17) is 4.52 Å². The molecule has 1 N–H and O–H groups in total. The van der Waals surface area contributed by atoms with Crippen LogP contribution in [0.3, 0.4) is 0 Å². The zero-order valence-electron chi connectivity index (χ0n) is 14.4. The fourth-order valence-electron chi connectivity index (χ4n) is 3.14. The van der Waals surface area contributed by atoms with Crippen LogP contribution >= 0.6 is 0 Å². The predicted molar refractivity (Wildman–Crippen MR) is 92.8 cm³/mol. The van der Waals surface area contributed by atoms with Gasteiger partial charge < -0.3 is 14.4 Å². The van der Waals surface area contributed by atoms with E-state index in [0.29, 0.717) is 11.7 Å². The number of aromatic amines is 1. The van der Waals surface area contributed by atoms with Crippen LogP contribution < -0.4 is 4.90 Å². The molecule has 1 fully saturated rings. The molecule has 0 radical (unpaired) electrons. The van der Waals surface area contributed by atoms with Gasteiger partial charge in [-0.1, -0.05) is 5.16 Å². The number of likely N-dealkylation sites (tertiary alicyclic amines) is 1. The summed E-state index contributed by atoms with van der Waals surface area (Å²) in [5.74, 6) is 3.09. The van der Waals surface area contributed by atoms with Gasteiger partial charge in [-0.3, -0.25) is 4.90 Å². The highest BCUT2D eigenvalue weighted by Gasteiger charge is 2.31. The second kappa shape index (κ2) is 6.64. The summed E-state index contributed by atoms with van der Waals surface area (Å²) in [6, 6.07) is 4.05. The molecule has 0 aromatic carbocycles. The van der Waals surface area contributed by atoms with Gasteiger partial charge in [-0.05, 0) is 31.5 Å². The van der Waals surface area contributed by atoms with E-state index in [9.17, 15) is 0 Å². The number of rotatable bonds is 5. The first kappa shape index (κ1) is 15.8. The summed E-state index contributed by atoms with van der Waals surface area (Å²) in [5, 5.41) is 4.15. The van der Waals surface area contributed by atoms with E-state index in [0.717, 1.165) is 43.1 Å². The van der Waals surface area contributed by atoms with Gasteiger partial charge in [0.1, 0.15) is 11.6 Å².